The van der Waals surface area contributed by atoms with Crippen molar-refractivity contribution in [2.45, 2.75) is 0 Å². The molecule has 0 atom stereocenters. The summed E-state index contributed by atoms with van der Waals surface area (Å²) in [7, 11) is 0. The second-order valence-corrected chi connectivity index (χ2v) is 7.04. The van der Waals surface area contributed by atoms with Crippen molar-refractivity contribution < 1.29 is 19.1 Å². The first-order chi connectivity index (χ1) is 14.0. The Labute approximate surface area is 173 Å². The van der Waals surface area contributed by atoms with Crippen LogP contribution in [0.15, 0.2) is 80.9 Å². The molecule has 8 heteroatoms. The van der Waals surface area contributed by atoms with Gasteiger partial charge in [0.2, 0.25) is 0 Å². The third-order valence-electron chi connectivity index (χ3n) is 4.23. The number of amides is 1. The maximum absolute atomic E-state index is 12.3. The van der Waals surface area contributed by atoms with Gasteiger partial charge in [-0.3, -0.25) is 4.79 Å². The van der Waals surface area contributed by atoms with Crippen LogP contribution in [-0.4, -0.2) is 22.7 Å². The molecule has 0 radical (unpaired) electrons. The van der Waals surface area contributed by atoms with Crippen molar-refractivity contribution >= 4 is 45.0 Å². The second-order valence-electron chi connectivity index (χ2n) is 6.13. The number of carbonyl (C=O) groups excluding carboxylic acids is 2. The molecule has 7 nitrogen and oxygen atoms in total. The van der Waals surface area contributed by atoms with Gasteiger partial charge in [0.15, 0.2) is 5.76 Å². The number of hydrogen-bond acceptors (Lipinski definition) is 5. The molecule has 2 aromatic carbocycles. The number of nitrogens with one attached hydrogen (secondary N) is 1. The van der Waals surface area contributed by atoms with E-state index in [0.717, 1.165) is 15.5 Å². The Morgan fingerprint density at radius 3 is 2.66 bits per heavy atom. The van der Waals surface area contributed by atoms with Gasteiger partial charge in [-0.25, -0.2) is 5.43 Å². The van der Waals surface area contributed by atoms with Gasteiger partial charge in [0.25, 0.3) is 0 Å². The quantitative estimate of drug-likeness (QED) is 0.372. The first-order valence-electron chi connectivity index (χ1n) is 8.53. The number of halogens is 1. The van der Waals surface area contributed by atoms with Crippen molar-refractivity contribution in [2.24, 2.45) is 5.10 Å². The van der Waals surface area contributed by atoms with Gasteiger partial charge in [0, 0.05) is 21.7 Å². The van der Waals surface area contributed by atoms with Gasteiger partial charge in [-0.2, -0.15) is 5.10 Å². The molecule has 0 unspecified atom stereocenters. The van der Waals surface area contributed by atoms with Gasteiger partial charge in [-0.05, 0) is 54.1 Å². The first kappa shape index (κ1) is 18.7. The van der Waals surface area contributed by atoms with Crippen molar-refractivity contribution in [1.82, 2.24) is 9.99 Å². The van der Waals surface area contributed by atoms with Crippen LogP contribution in [0.5, 0.6) is 0 Å². The number of nitrogens with zero attached hydrogens (tertiary/aromatic N) is 2. The molecule has 4 aromatic rings. The summed E-state index contributed by atoms with van der Waals surface area (Å²) in [6.45, 7) is 0. The number of hydrazone groups is 1. The SMILES string of the molecule is O=C([O-])c1ccc(-n2cccc2/C=N\NC(=O)c2cc3cc(Br)ccc3o2)cc1. The van der Waals surface area contributed by atoms with Crippen LogP contribution < -0.4 is 10.5 Å². The molecule has 1 amide bonds. The van der Waals surface area contributed by atoms with Crippen LogP contribution in [0, 0.1) is 0 Å². The Balaban J connectivity index is 1.49. The summed E-state index contributed by atoms with van der Waals surface area (Å²) in [4.78, 5) is 23.2. The smallest absolute Gasteiger partial charge is 0.307 e. The number of aromatic carboxylic acids is 1. The van der Waals surface area contributed by atoms with E-state index in [-0.39, 0.29) is 11.3 Å². The molecule has 0 aliphatic heterocycles. The molecular weight excluding hydrogens is 438 g/mol. The third kappa shape index (κ3) is 3.97. The van der Waals surface area contributed by atoms with E-state index in [2.05, 4.69) is 26.5 Å². The van der Waals surface area contributed by atoms with E-state index >= 15 is 0 Å². The zero-order chi connectivity index (χ0) is 20.4. The van der Waals surface area contributed by atoms with E-state index < -0.39 is 11.9 Å². The van der Waals surface area contributed by atoms with Gasteiger partial charge >= 0.3 is 5.91 Å². The highest BCUT2D eigenvalue weighted by Crippen LogP contribution is 2.23. The molecule has 4 rings (SSSR count). The molecule has 0 fully saturated rings. The Hall–Kier alpha value is -3.65. The van der Waals surface area contributed by atoms with Crippen LogP contribution in [-0.2, 0) is 0 Å². The number of carbonyl (C=O) groups is 2. The summed E-state index contributed by atoms with van der Waals surface area (Å²) >= 11 is 3.38. The maximum Gasteiger partial charge on any atom is 0.307 e. The summed E-state index contributed by atoms with van der Waals surface area (Å²) < 4.78 is 8.22. The molecule has 0 bridgehead atoms. The number of benzene rings is 2. The highest BCUT2D eigenvalue weighted by Gasteiger charge is 2.12. The molecule has 144 valence electrons. The fourth-order valence-electron chi connectivity index (χ4n) is 2.83. The molecule has 2 heterocycles. The summed E-state index contributed by atoms with van der Waals surface area (Å²) in [5.41, 5.74) is 4.59. The predicted octanol–water partition coefficient (Wildman–Crippen LogP) is 3.11. The first-order valence-corrected chi connectivity index (χ1v) is 9.32. The number of aromatic nitrogens is 1. The highest BCUT2D eigenvalue weighted by atomic mass is 79.9. The third-order valence-corrected chi connectivity index (χ3v) is 4.72. The summed E-state index contributed by atoms with van der Waals surface area (Å²) in [6.07, 6.45) is 3.29. The predicted molar refractivity (Wildman–Crippen MR) is 109 cm³/mol. The fraction of sp³-hybridized carbons (Fsp3) is 0. The molecule has 29 heavy (non-hydrogen) atoms. The van der Waals surface area contributed by atoms with Crippen molar-refractivity contribution in [3.05, 3.63) is 88.4 Å². The van der Waals surface area contributed by atoms with Gasteiger partial charge in [0.05, 0.1) is 17.9 Å². The van der Waals surface area contributed by atoms with Crippen molar-refractivity contribution in [1.29, 1.82) is 0 Å². The Morgan fingerprint density at radius 2 is 1.90 bits per heavy atom. The van der Waals surface area contributed by atoms with Gasteiger partial charge < -0.3 is 18.9 Å². The number of rotatable bonds is 5. The van der Waals surface area contributed by atoms with Crippen LogP contribution in [0.4, 0.5) is 0 Å². The van der Waals surface area contributed by atoms with Crippen molar-refractivity contribution in [2.75, 3.05) is 0 Å². The van der Waals surface area contributed by atoms with E-state index in [1.165, 1.54) is 18.3 Å². The zero-order valence-electron chi connectivity index (χ0n) is 14.8. The molecule has 0 aliphatic carbocycles. The highest BCUT2D eigenvalue weighted by molar-refractivity contribution is 9.10. The van der Waals surface area contributed by atoms with Gasteiger partial charge in [0.1, 0.15) is 5.58 Å². The Kier molecular flexibility index (Phi) is 5.01. The maximum atomic E-state index is 12.3. The lowest BCUT2D eigenvalue weighted by atomic mass is 10.2. The minimum atomic E-state index is -1.23. The number of carboxylic acid groups (broad SMARTS) is 1. The number of fused-ring (bicyclic) bond motifs is 1. The topological polar surface area (TPSA) is 99.7 Å². The van der Waals surface area contributed by atoms with E-state index in [1.807, 2.05) is 18.2 Å². The molecule has 2 aromatic heterocycles. The minimum absolute atomic E-state index is 0.0984. The molecule has 0 saturated carbocycles. The lowest BCUT2D eigenvalue weighted by Gasteiger charge is -2.08. The summed E-state index contributed by atoms with van der Waals surface area (Å²) in [6, 6.07) is 17.0. The molecule has 1 N–H and O–H groups in total. The van der Waals surface area contributed by atoms with E-state index in [1.54, 1.807) is 41.1 Å². The summed E-state index contributed by atoms with van der Waals surface area (Å²) in [5.74, 6) is -1.54. The van der Waals surface area contributed by atoms with Crippen molar-refractivity contribution in [3.63, 3.8) is 0 Å². The molecule has 0 aliphatic rings. The van der Waals surface area contributed by atoms with E-state index in [4.69, 9.17) is 4.42 Å². The lowest BCUT2D eigenvalue weighted by molar-refractivity contribution is -0.255. The van der Waals surface area contributed by atoms with Crippen LogP contribution in [0.1, 0.15) is 26.6 Å². The van der Waals surface area contributed by atoms with Crippen molar-refractivity contribution in [3.8, 4) is 5.69 Å². The van der Waals surface area contributed by atoms with E-state index in [9.17, 15) is 14.7 Å². The van der Waals surface area contributed by atoms with Crippen LogP contribution in [0.25, 0.3) is 16.7 Å². The Bertz CT molecular complexity index is 1240. The zero-order valence-corrected chi connectivity index (χ0v) is 16.4. The second kappa shape index (κ2) is 7.76. The minimum Gasteiger partial charge on any atom is -0.545 e. The number of carboxylic acids is 1. The molecular formula is C21H13BrN3O4-. The van der Waals surface area contributed by atoms with Crippen LogP contribution in [0.2, 0.25) is 0 Å². The molecule has 0 saturated heterocycles. The number of furan rings is 1. The molecule has 0 spiro atoms. The monoisotopic (exact) mass is 450 g/mol. The normalized spacial score (nSPS) is 11.2. The standard InChI is InChI=1S/C21H14BrN3O4/c22-15-5-8-18-14(10-15)11-19(29-18)20(26)24-23-12-17-2-1-9-25(17)16-6-3-13(4-7-16)21(27)28/h1-12H,(H,24,26)(H,27,28)/p-1/b23-12-. The van der Waals surface area contributed by atoms with Gasteiger partial charge in [-0.15, -0.1) is 0 Å². The fourth-order valence-corrected chi connectivity index (χ4v) is 3.21. The average Bonchev–Trinajstić information content (AvgIpc) is 3.34. The number of hydrogen-bond donors (Lipinski definition) is 1. The average molecular weight is 451 g/mol. The largest absolute Gasteiger partial charge is 0.545 e. The summed E-state index contributed by atoms with van der Waals surface area (Å²) in [5, 5.41) is 15.7. The lowest BCUT2D eigenvalue weighted by Crippen LogP contribution is -2.22. The van der Waals surface area contributed by atoms with Gasteiger partial charge in [-0.1, -0.05) is 28.1 Å². The van der Waals surface area contributed by atoms with Crippen LogP contribution in [0.3, 0.4) is 0 Å². The Morgan fingerprint density at radius 1 is 1.10 bits per heavy atom. The van der Waals surface area contributed by atoms with E-state index in [0.29, 0.717) is 11.3 Å². The van der Waals surface area contributed by atoms with Crippen LogP contribution >= 0.6 is 15.9 Å².